The molecule has 0 spiro atoms. The van der Waals surface area contributed by atoms with Crippen LogP contribution in [0.25, 0.3) is 0 Å². The topological polar surface area (TPSA) is 127 Å². The number of fused-ring (bicyclic) bond motifs is 2. The van der Waals surface area contributed by atoms with Crippen molar-refractivity contribution in [1.29, 1.82) is 5.26 Å². The minimum absolute atomic E-state index is 0.579. The molecule has 130 valence electrons. The van der Waals surface area contributed by atoms with Crippen molar-refractivity contribution in [3.63, 3.8) is 0 Å². The summed E-state index contributed by atoms with van der Waals surface area (Å²) in [6, 6.07) is 2.18. The van der Waals surface area contributed by atoms with Crippen LogP contribution in [-0.2, 0) is 9.59 Å². The van der Waals surface area contributed by atoms with E-state index in [1.54, 1.807) is 11.8 Å². The average Bonchev–Trinajstić information content (AvgIpc) is 3.12. The van der Waals surface area contributed by atoms with Gasteiger partial charge in [0.25, 0.3) is 0 Å². The lowest BCUT2D eigenvalue weighted by atomic mass is 9.89. The van der Waals surface area contributed by atoms with Crippen LogP contribution in [0.3, 0.4) is 0 Å². The Balaban J connectivity index is 0.000000301. The molecule has 1 aromatic rings. The van der Waals surface area contributed by atoms with Crippen LogP contribution >= 0.6 is 23.5 Å². The Kier molecular flexibility index (Phi) is 6.96. The molecule has 0 saturated carbocycles. The molecule has 3 rings (SSSR count). The smallest absolute Gasteiger partial charge is 0.414 e. The third-order valence-electron chi connectivity index (χ3n) is 4.03. The van der Waals surface area contributed by atoms with Gasteiger partial charge in [-0.2, -0.15) is 14.0 Å². The Bertz CT molecular complexity index is 619. The van der Waals surface area contributed by atoms with Gasteiger partial charge in [0.15, 0.2) is 0 Å². The monoisotopic (exact) mass is 370 g/mol. The Morgan fingerprint density at radius 3 is 2.71 bits per heavy atom. The zero-order chi connectivity index (χ0) is 17.5. The van der Waals surface area contributed by atoms with Crippen molar-refractivity contribution in [2.24, 2.45) is 5.92 Å². The molecular weight excluding hydrogens is 352 g/mol. The van der Waals surface area contributed by atoms with Gasteiger partial charge in [0.05, 0.1) is 23.5 Å². The third kappa shape index (κ3) is 4.90. The van der Waals surface area contributed by atoms with Crippen molar-refractivity contribution >= 4 is 35.4 Å². The SMILES string of the molecule is N#CCCSc1nsnc1C1CN2CCCC1C2.O=C(O)C(=O)O. The maximum Gasteiger partial charge on any atom is 0.414 e. The van der Waals surface area contributed by atoms with Crippen LogP contribution in [0, 0.1) is 17.2 Å². The molecule has 3 atom stereocenters. The Morgan fingerprint density at radius 2 is 2.08 bits per heavy atom. The zero-order valence-electron chi connectivity index (χ0n) is 12.9. The van der Waals surface area contributed by atoms with Crippen molar-refractivity contribution < 1.29 is 19.8 Å². The summed E-state index contributed by atoms with van der Waals surface area (Å²) in [5, 5.41) is 24.5. The van der Waals surface area contributed by atoms with Crippen LogP contribution in [0.1, 0.15) is 30.9 Å². The Labute approximate surface area is 147 Å². The average molecular weight is 370 g/mol. The molecule has 1 aromatic heterocycles. The van der Waals surface area contributed by atoms with Crippen molar-refractivity contribution in [3.8, 4) is 6.07 Å². The van der Waals surface area contributed by atoms with Crippen molar-refractivity contribution in [1.82, 2.24) is 13.6 Å². The predicted octanol–water partition coefficient (Wildman–Crippen LogP) is 1.51. The summed E-state index contributed by atoms with van der Waals surface area (Å²) in [5.74, 6) is -1.46. The van der Waals surface area contributed by atoms with E-state index in [-0.39, 0.29) is 0 Å². The second kappa shape index (κ2) is 8.96. The number of nitriles is 1. The lowest BCUT2D eigenvalue weighted by Gasteiger charge is -2.21. The number of carboxylic acids is 2. The van der Waals surface area contributed by atoms with Gasteiger partial charge in [0, 0.05) is 31.2 Å². The normalized spacial score (nSPS) is 24.5. The largest absolute Gasteiger partial charge is 0.473 e. The molecule has 2 N–H and O–H groups in total. The first kappa shape index (κ1) is 18.6. The van der Waals surface area contributed by atoms with E-state index in [0.717, 1.165) is 23.2 Å². The van der Waals surface area contributed by atoms with Gasteiger partial charge in [-0.05, 0) is 25.3 Å². The number of aliphatic carboxylic acids is 2. The van der Waals surface area contributed by atoms with Crippen LogP contribution in [0.2, 0.25) is 0 Å². The number of carbonyl (C=O) groups is 2. The van der Waals surface area contributed by atoms with E-state index in [2.05, 4.69) is 19.7 Å². The summed E-state index contributed by atoms with van der Waals surface area (Å²) in [5.41, 5.74) is 1.21. The lowest BCUT2D eigenvalue weighted by Crippen LogP contribution is -2.25. The third-order valence-corrected chi connectivity index (χ3v) is 5.67. The molecule has 0 aromatic carbocycles. The Morgan fingerprint density at radius 1 is 1.33 bits per heavy atom. The number of rotatable bonds is 4. The van der Waals surface area contributed by atoms with Gasteiger partial charge in [-0.1, -0.05) is 0 Å². The highest BCUT2D eigenvalue weighted by Gasteiger charge is 2.38. The van der Waals surface area contributed by atoms with Gasteiger partial charge < -0.3 is 15.1 Å². The quantitative estimate of drug-likeness (QED) is 0.460. The second-order valence-electron chi connectivity index (χ2n) is 5.59. The minimum Gasteiger partial charge on any atom is -0.473 e. The van der Waals surface area contributed by atoms with E-state index in [9.17, 15) is 0 Å². The van der Waals surface area contributed by atoms with Crippen molar-refractivity contribution in [2.45, 2.75) is 30.2 Å². The van der Waals surface area contributed by atoms with Crippen LogP contribution in [-0.4, -0.2) is 61.2 Å². The van der Waals surface area contributed by atoms with E-state index in [0.29, 0.717) is 12.3 Å². The number of hydrogen-bond acceptors (Lipinski definition) is 8. The van der Waals surface area contributed by atoms with Gasteiger partial charge in [0.2, 0.25) is 0 Å². The number of piperidine rings is 1. The van der Waals surface area contributed by atoms with Gasteiger partial charge in [-0.3, -0.25) is 0 Å². The second-order valence-corrected chi connectivity index (χ2v) is 7.20. The first-order chi connectivity index (χ1) is 11.5. The fraction of sp³-hybridized carbons (Fsp3) is 0.643. The molecule has 3 unspecified atom stereocenters. The molecule has 0 aliphatic carbocycles. The van der Waals surface area contributed by atoms with Gasteiger partial charge in [-0.25, -0.2) is 9.59 Å². The van der Waals surface area contributed by atoms with E-state index in [1.165, 1.54) is 43.4 Å². The summed E-state index contributed by atoms with van der Waals surface area (Å²) >= 11 is 3.02. The molecule has 8 nitrogen and oxygen atoms in total. The molecule has 2 saturated heterocycles. The number of aromatic nitrogens is 2. The molecule has 10 heteroatoms. The molecule has 0 radical (unpaired) electrons. The van der Waals surface area contributed by atoms with Crippen molar-refractivity contribution in [2.75, 3.05) is 25.4 Å². The maximum absolute atomic E-state index is 9.10. The molecule has 3 heterocycles. The van der Waals surface area contributed by atoms with Gasteiger partial charge in [-0.15, -0.1) is 11.8 Å². The molecule has 2 fully saturated rings. The summed E-state index contributed by atoms with van der Waals surface area (Å²) in [7, 11) is 0. The lowest BCUT2D eigenvalue weighted by molar-refractivity contribution is -0.159. The molecule has 2 aliphatic rings. The first-order valence-electron chi connectivity index (χ1n) is 7.53. The zero-order valence-corrected chi connectivity index (χ0v) is 14.6. The minimum atomic E-state index is -1.82. The van der Waals surface area contributed by atoms with E-state index in [1.807, 2.05) is 0 Å². The molecular formula is C14H18N4O4S2. The van der Waals surface area contributed by atoms with Crippen molar-refractivity contribution in [3.05, 3.63) is 5.69 Å². The van der Waals surface area contributed by atoms with E-state index in [4.69, 9.17) is 25.1 Å². The first-order valence-corrected chi connectivity index (χ1v) is 9.25. The van der Waals surface area contributed by atoms with Gasteiger partial charge in [0.1, 0.15) is 5.03 Å². The number of nitrogens with zero attached hydrogens (tertiary/aromatic N) is 4. The van der Waals surface area contributed by atoms with E-state index < -0.39 is 11.9 Å². The number of hydrogen-bond donors (Lipinski definition) is 2. The number of thioether (sulfide) groups is 1. The van der Waals surface area contributed by atoms with Gasteiger partial charge >= 0.3 is 11.9 Å². The van der Waals surface area contributed by atoms with E-state index >= 15 is 0 Å². The van der Waals surface area contributed by atoms with Crippen LogP contribution < -0.4 is 0 Å². The highest BCUT2D eigenvalue weighted by Crippen LogP contribution is 2.41. The van der Waals surface area contributed by atoms with Crippen LogP contribution in [0.5, 0.6) is 0 Å². The Hall–Kier alpha value is -1.70. The standard InChI is InChI=1S/C12H16N4S2.C2H2O4/c13-4-2-6-17-12-11(14-18-15-12)10-8-16-5-1-3-9(10)7-16;3-1(4)2(5)6/h9-10H,1-3,5-8H2;(H,3,4)(H,5,6). The maximum atomic E-state index is 9.10. The van der Waals surface area contributed by atoms with Crippen LogP contribution in [0.4, 0.5) is 0 Å². The molecule has 2 aliphatic heterocycles. The molecule has 0 amide bonds. The van der Waals surface area contributed by atoms with Crippen LogP contribution in [0.15, 0.2) is 5.03 Å². The predicted molar refractivity (Wildman–Crippen MR) is 88.0 cm³/mol. The summed E-state index contributed by atoms with van der Waals surface area (Å²) < 4.78 is 8.95. The summed E-state index contributed by atoms with van der Waals surface area (Å²) in [6.07, 6.45) is 3.25. The summed E-state index contributed by atoms with van der Waals surface area (Å²) in [6.45, 7) is 3.65. The fourth-order valence-corrected chi connectivity index (χ4v) is 4.65. The number of carboxylic acid groups (broad SMARTS) is 2. The fourth-order valence-electron chi connectivity index (χ4n) is 3.03. The molecule has 2 bridgehead atoms. The highest BCUT2D eigenvalue weighted by molar-refractivity contribution is 7.99. The highest BCUT2D eigenvalue weighted by atomic mass is 32.2. The summed E-state index contributed by atoms with van der Waals surface area (Å²) in [4.78, 5) is 20.8. The molecule has 24 heavy (non-hydrogen) atoms.